The molecule has 2 heterocycles. The zero-order valence-corrected chi connectivity index (χ0v) is 20.4. The second-order valence-corrected chi connectivity index (χ2v) is 11.0. The van der Waals surface area contributed by atoms with E-state index >= 15 is 0 Å². The number of nitrogens with zero attached hydrogens (tertiary/aromatic N) is 3. The van der Waals surface area contributed by atoms with Crippen molar-refractivity contribution >= 4 is 44.6 Å². The molecule has 6 nitrogen and oxygen atoms in total. The molecule has 0 unspecified atom stereocenters. The largest absolute Gasteiger partial charge is 0.326 e. The molecule has 0 aliphatic carbocycles. The highest BCUT2D eigenvalue weighted by Gasteiger charge is 2.12. The quantitative estimate of drug-likeness (QED) is 0.275. The third-order valence-corrected chi connectivity index (χ3v) is 7.51. The lowest BCUT2D eigenvalue weighted by molar-refractivity contribution is 0.602. The molecule has 170 valence electrons. The van der Waals surface area contributed by atoms with E-state index in [9.17, 15) is 8.42 Å². The molecule has 0 radical (unpaired) electrons. The molecule has 0 fully saturated rings. The van der Waals surface area contributed by atoms with Crippen LogP contribution in [0.4, 0.5) is 5.69 Å². The number of halogens is 1. The van der Waals surface area contributed by atoms with Crippen molar-refractivity contribution in [3.05, 3.63) is 96.4 Å². The van der Waals surface area contributed by atoms with Gasteiger partial charge in [0.15, 0.2) is 9.84 Å². The molecule has 5 aromatic rings. The van der Waals surface area contributed by atoms with E-state index in [-0.39, 0.29) is 0 Å². The summed E-state index contributed by atoms with van der Waals surface area (Å²) in [6, 6.07) is 24.5. The lowest BCUT2D eigenvalue weighted by Crippen LogP contribution is -1.96. The van der Waals surface area contributed by atoms with E-state index in [1.54, 1.807) is 28.8 Å². The maximum Gasteiger partial charge on any atom is 0.175 e. The summed E-state index contributed by atoms with van der Waals surface area (Å²) in [7, 11) is -3.23. The smallest absolute Gasteiger partial charge is 0.175 e. The van der Waals surface area contributed by atoms with E-state index in [1.807, 2.05) is 60.8 Å². The predicted molar refractivity (Wildman–Crippen MR) is 138 cm³/mol. The van der Waals surface area contributed by atoms with Crippen LogP contribution in [0.15, 0.2) is 101 Å². The van der Waals surface area contributed by atoms with Crippen molar-refractivity contribution in [2.24, 2.45) is 0 Å². The number of rotatable bonds is 6. The van der Waals surface area contributed by atoms with Gasteiger partial charge in [0.25, 0.3) is 0 Å². The summed E-state index contributed by atoms with van der Waals surface area (Å²) < 4.78 is 28.6. The molecule has 5 rings (SSSR count). The Bertz CT molecular complexity index is 1560. The van der Waals surface area contributed by atoms with E-state index < -0.39 is 9.84 Å². The Morgan fingerprint density at radius 1 is 0.882 bits per heavy atom. The molecule has 0 aliphatic heterocycles. The van der Waals surface area contributed by atoms with Crippen LogP contribution in [-0.2, 0) is 9.84 Å². The van der Waals surface area contributed by atoms with Gasteiger partial charge in [-0.2, -0.15) is 5.10 Å². The van der Waals surface area contributed by atoms with Gasteiger partial charge in [-0.05, 0) is 72.1 Å². The molecule has 9 heteroatoms. The van der Waals surface area contributed by atoms with Gasteiger partial charge in [-0.15, -0.1) is 0 Å². The summed E-state index contributed by atoms with van der Waals surface area (Å²) in [5, 5.41) is 5.05. The Hall–Kier alpha value is -3.33. The highest BCUT2D eigenvalue weighted by molar-refractivity contribution is 8.00. The molecule has 0 saturated heterocycles. The van der Waals surface area contributed by atoms with Crippen LogP contribution < -0.4 is 4.72 Å². The normalized spacial score (nSPS) is 11.6. The van der Waals surface area contributed by atoms with Crippen molar-refractivity contribution in [1.82, 2.24) is 14.6 Å². The van der Waals surface area contributed by atoms with E-state index in [2.05, 4.69) is 14.8 Å². The van der Waals surface area contributed by atoms with Crippen LogP contribution in [-0.4, -0.2) is 29.3 Å². The Morgan fingerprint density at radius 3 is 2.24 bits per heavy atom. The second kappa shape index (κ2) is 9.13. The van der Waals surface area contributed by atoms with Gasteiger partial charge in [0.1, 0.15) is 6.33 Å². The summed E-state index contributed by atoms with van der Waals surface area (Å²) in [6.45, 7) is 0. The number of sulfone groups is 1. The van der Waals surface area contributed by atoms with Gasteiger partial charge in [0.2, 0.25) is 0 Å². The molecule has 0 amide bonds. The van der Waals surface area contributed by atoms with Crippen LogP contribution in [0.1, 0.15) is 0 Å². The van der Waals surface area contributed by atoms with Gasteiger partial charge in [0.05, 0.1) is 16.1 Å². The minimum atomic E-state index is -3.23. The van der Waals surface area contributed by atoms with Crippen LogP contribution in [0.25, 0.3) is 27.9 Å². The molecule has 3 aromatic carbocycles. The first-order valence-corrected chi connectivity index (χ1v) is 13.4. The standard InChI is InChI=1S/C25H19ClN4O2S2/c1-34(31,32)23-12-4-17(5-13-23)19-14-24-25(27-16-28-30(24)15-19)18-2-8-21(9-3-18)29-33-22-10-6-20(26)7-11-22/h2-16,29H,1H3. The minimum absolute atomic E-state index is 0.295. The van der Waals surface area contributed by atoms with Crippen LogP contribution in [0.3, 0.4) is 0 Å². The van der Waals surface area contributed by atoms with E-state index in [1.165, 1.54) is 24.5 Å². The van der Waals surface area contributed by atoms with Gasteiger partial charge in [-0.3, -0.25) is 0 Å². The summed E-state index contributed by atoms with van der Waals surface area (Å²) in [6.07, 6.45) is 4.64. The number of hydrogen-bond donors (Lipinski definition) is 1. The molecule has 0 spiro atoms. The van der Waals surface area contributed by atoms with Gasteiger partial charge in [-0.25, -0.2) is 17.9 Å². The van der Waals surface area contributed by atoms with Crippen molar-refractivity contribution < 1.29 is 8.42 Å². The Kier molecular flexibility index (Phi) is 6.03. The second-order valence-electron chi connectivity index (χ2n) is 7.70. The Balaban J connectivity index is 1.39. The van der Waals surface area contributed by atoms with E-state index in [4.69, 9.17) is 11.6 Å². The maximum absolute atomic E-state index is 11.7. The first-order valence-electron chi connectivity index (χ1n) is 10.3. The first kappa shape index (κ1) is 22.5. The highest BCUT2D eigenvalue weighted by atomic mass is 35.5. The average molecular weight is 507 g/mol. The van der Waals surface area contributed by atoms with Crippen molar-refractivity contribution in [2.45, 2.75) is 9.79 Å². The van der Waals surface area contributed by atoms with Crippen molar-refractivity contribution in [2.75, 3.05) is 11.0 Å². The maximum atomic E-state index is 11.7. The van der Waals surface area contributed by atoms with Gasteiger partial charge in [0, 0.05) is 39.2 Å². The Labute approximate surface area is 206 Å². The number of aromatic nitrogens is 3. The molecular weight excluding hydrogens is 488 g/mol. The van der Waals surface area contributed by atoms with Crippen LogP contribution in [0, 0.1) is 0 Å². The third kappa shape index (κ3) is 4.79. The number of benzene rings is 3. The van der Waals surface area contributed by atoms with Crippen molar-refractivity contribution in [3.63, 3.8) is 0 Å². The fourth-order valence-electron chi connectivity index (χ4n) is 3.52. The van der Waals surface area contributed by atoms with Crippen LogP contribution in [0.5, 0.6) is 0 Å². The van der Waals surface area contributed by atoms with Crippen molar-refractivity contribution in [1.29, 1.82) is 0 Å². The Morgan fingerprint density at radius 2 is 1.56 bits per heavy atom. The lowest BCUT2D eigenvalue weighted by Gasteiger charge is -2.07. The number of nitrogens with one attached hydrogen (secondary N) is 1. The molecular formula is C25H19ClN4O2S2. The molecule has 1 N–H and O–H groups in total. The molecule has 0 aliphatic rings. The molecule has 0 saturated carbocycles. The fourth-order valence-corrected chi connectivity index (χ4v) is 4.92. The SMILES string of the molecule is CS(=O)(=O)c1ccc(-c2cc3c(-c4ccc(NSc5ccc(Cl)cc5)cc4)ncnn3c2)cc1. The van der Waals surface area contributed by atoms with Crippen molar-refractivity contribution in [3.8, 4) is 22.4 Å². The highest BCUT2D eigenvalue weighted by Crippen LogP contribution is 2.30. The minimum Gasteiger partial charge on any atom is -0.326 e. The monoisotopic (exact) mass is 506 g/mol. The third-order valence-electron chi connectivity index (χ3n) is 5.28. The number of hydrogen-bond acceptors (Lipinski definition) is 6. The number of fused-ring (bicyclic) bond motifs is 1. The summed E-state index contributed by atoms with van der Waals surface area (Å²) in [4.78, 5) is 5.87. The zero-order valence-electron chi connectivity index (χ0n) is 18.0. The fraction of sp³-hybridized carbons (Fsp3) is 0.0400. The number of anilines is 1. The lowest BCUT2D eigenvalue weighted by atomic mass is 10.1. The zero-order chi connectivity index (χ0) is 23.7. The van der Waals surface area contributed by atoms with Crippen LogP contribution >= 0.6 is 23.5 Å². The van der Waals surface area contributed by atoms with Crippen LogP contribution in [0.2, 0.25) is 5.02 Å². The summed E-state index contributed by atoms with van der Waals surface area (Å²) in [5.41, 5.74) is 5.44. The van der Waals surface area contributed by atoms with E-state index in [0.29, 0.717) is 9.92 Å². The molecule has 34 heavy (non-hydrogen) atoms. The summed E-state index contributed by atoms with van der Waals surface area (Å²) >= 11 is 7.45. The van der Waals surface area contributed by atoms with Gasteiger partial charge >= 0.3 is 0 Å². The van der Waals surface area contributed by atoms with Gasteiger partial charge < -0.3 is 4.72 Å². The van der Waals surface area contributed by atoms with E-state index in [0.717, 1.165) is 38.5 Å². The molecule has 0 bridgehead atoms. The molecule has 2 aromatic heterocycles. The first-order chi connectivity index (χ1) is 16.4. The average Bonchev–Trinajstić information content (AvgIpc) is 3.28. The topological polar surface area (TPSA) is 76.4 Å². The predicted octanol–water partition coefficient (Wildman–Crippen LogP) is 6.24. The summed E-state index contributed by atoms with van der Waals surface area (Å²) in [5.74, 6) is 0. The van der Waals surface area contributed by atoms with Gasteiger partial charge in [-0.1, -0.05) is 35.9 Å². The molecule has 0 atom stereocenters.